The number of anilines is 3. The normalized spacial score (nSPS) is 11.3. The van der Waals surface area contributed by atoms with Crippen LogP contribution in [0.15, 0.2) is 192 Å². The van der Waals surface area contributed by atoms with E-state index in [9.17, 15) is 0 Å². The lowest BCUT2D eigenvalue weighted by Gasteiger charge is -2.25. The molecule has 0 atom stereocenters. The Morgan fingerprint density at radius 3 is 1.50 bits per heavy atom. The van der Waals surface area contributed by atoms with Gasteiger partial charge in [0.1, 0.15) is 5.58 Å². The first kappa shape index (κ1) is 27.9. The van der Waals surface area contributed by atoms with Crippen molar-refractivity contribution < 1.29 is 4.42 Å². The first-order chi connectivity index (χ1) is 23.8. The van der Waals surface area contributed by atoms with Gasteiger partial charge in [-0.05, 0) is 75.0 Å². The van der Waals surface area contributed by atoms with E-state index in [1.165, 1.54) is 33.0 Å². The highest BCUT2D eigenvalue weighted by molar-refractivity contribution is 6.20. The van der Waals surface area contributed by atoms with Gasteiger partial charge in [0.05, 0.1) is 5.69 Å². The molecule has 226 valence electrons. The number of nitrogens with zero attached hydrogens (tertiary/aromatic N) is 1. The van der Waals surface area contributed by atoms with E-state index in [-0.39, 0.29) is 0 Å². The Morgan fingerprint density at radius 1 is 0.333 bits per heavy atom. The molecule has 0 bridgehead atoms. The molecule has 0 unspecified atom stereocenters. The van der Waals surface area contributed by atoms with E-state index in [4.69, 9.17) is 4.42 Å². The van der Waals surface area contributed by atoms with E-state index in [1.54, 1.807) is 0 Å². The van der Waals surface area contributed by atoms with E-state index in [0.717, 1.165) is 50.1 Å². The molecule has 0 aliphatic carbocycles. The lowest BCUT2D eigenvalue weighted by Crippen LogP contribution is -2.10. The lowest BCUT2D eigenvalue weighted by molar-refractivity contribution is 0.670. The second kappa shape index (κ2) is 11.8. The highest BCUT2D eigenvalue weighted by atomic mass is 16.3. The van der Waals surface area contributed by atoms with Gasteiger partial charge in [-0.1, -0.05) is 152 Å². The monoisotopic (exact) mass is 613 g/mol. The molecule has 0 amide bonds. The first-order valence-electron chi connectivity index (χ1n) is 16.4. The maximum absolute atomic E-state index is 7.07. The molecule has 1 aromatic heterocycles. The van der Waals surface area contributed by atoms with Crippen LogP contribution in [0.1, 0.15) is 0 Å². The van der Waals surface area contributed by atoms with Crippen LogP contribution in [0.4, 0.5) is 17.1 Å². The van der Waals surface area contributed by atoms with Crippen LogP contribution >= 0.6 is 0 Å². The molecule has 0 aliphatic rings. The summed E-state index contributed by atoms with van der Waals surface area (Å²) in [5.74, 6) is 0. The third-order valence-electron chi connectivity index (χ3n) is 9.26. The van der Waals surface area contributed by atoms with Crippen LogP contribution in [-0.4, -0.2) is 0 Å². The minimum Gasteiger partial charge on any atom is -0.453 e. The predicted octanol–water partition coefficient (Wildman–Crippen LogP) is 13.2. The molecule has 48 heavy (non-hydrogen) atoms. The Morgan fingerprint density at radius 2 is 0.833 bits per heavy atom. The van der Waals surface area contributed by atoms with Crippen molar-refractivity contribution in [1.82, 2.24) is 0 Å². The number of hydrogen-bond donors (Lipinski definition) is 0. The van der Waals surface area contributed by atoms with Crippen molar-refractivity contribution in [3.63, 3.8) is 0 Å². The Hall–Kier alpha value is -6.38. The molecule has 0 radical (unpaired) electrons. The van der Waals surface area contributed by atoms with E-state index in [1.807, 2.05) is 0 Å². The average molecular weight is 614 g/mol. The van der Waals surface area contributed by atoms with Crippen LogP contribution in [0.5, 0.6) is 0 Å². The topological polar surface area (TPSA) is 16.4 Å². The Bertz CT molecular complexity index is 2520. The number of para-hydroxylation sites is 2. The highest BCUT2D eigenvalue weighted by Gasteiger charge is 2.22. The zero-order valence-electron chi connectivity index (χ0n) is 26.3. The molecule has 0 aliphatic heterocycles. The Balaban J connectivity index is 1.25. The molecule has 2 heteroatoms. The fourth-order valence-corrected chi connectivity index (χ4v) is 6.94. The van der Waals surface area contributed by atoms with Crippen molar-refractivity contribution in [1.29, 1.82) is 0 Å². The van der Waals surface area contributed by atoms with Crippen LogP contribution in [0.25, 0.3) is 66.1 Å². The molecular formula is C46H31NO. The van der Waals surface area contributed by atoms with Gasteiger partial charge in [0.25, 0.3) is 0 Å². The zero-order valence-corrected chi connectivity index (χ0v) is 26.3. The van der Waals surface area contributed by atoms with Gasteiger partial charge in [0, 0.05) is 27.7 Å². The molecule has 0 saturated carbocycles. The molecule has 8 aromatic carbocycles. The van der Waals surface area contributed by atoms with Crippen molar-refractivity contribution in [3.05, 3.63) is 188 Å². The second-order valence-electron chi connectivity index (χ2n) is 12.1. The zero-order chi connectivity index (χ0) is 31.9. The third-order valence-corrected chi connectivity index (χ3v) is 9.26. The van der Waals surface area contributed by atoms with E-state index in [2.05, 4.69) is 193 Å². The molecule has 2 nitrogen and oxygen atoms in total. The van der Waals surface area contributed by atoms with Gasteiger partial charge < -0.3 is 9.32 Å². The van der Waals surface area contributed by atoms with Gasteiger partial charge in [-0.15, -0.1) is 0 Å². The summed E-state index contributed by atoms with van der Waals surface area (Å²) in [5, 5.41) is 4.57. The molecular weight excluding hydrogens is 583 g/mol. The van der Waals surface area contributed by atoms with Gasteiger partial charge >= 0.3 is 0 Å². The largest absolute Gasteiger partial charge is 0.453 e. The van der Waals surface area contributed by atoms with Gasteiger partial charge in [-0.25, -0.2) is 0 Å². The maximum atomic E-state index is 7.07. The SMILES string of the molecule is c1ccc(-c2ccc(-c3c4ccccc4cc4c3oc3c(N(c5ccccc5)c5ccc(-c6ccccc6)cc5)cccc34)cc2)cc1. The number of furan rings is 1. The Labute approximate surface area is 279 Å². The van der Waals surface area contributed by atoms with Crippen LogP contribution in [0, 0.1) is 0 Å². The van der Waals surface area contributed by atoms with Crippen molar-refractivity contribution in [2.24, 2.45) is 0 Å². The summed E-state index contributed by atoms with van der Waals surface area (Å²) in [5.41, 5.74) is 11.9. The van der Waals surface area contributed by atoms with Crippen molar-refractivity contribution >= 4 is 49.8 Å². The van der Waals surface area contributed by atoms with Gasteiger partial charge in [0.2, 0.25) is 0 Å². The van der Waals surface area contributed by atoms with Crippen molar-refractivity contribution in [3.8, 4) is 33.4 Å². The van der Waals surface area contributed by atoms with Gasteiger partial charge in [-0.2, -0.15) is 0 Å². The summed E-state index contributed by atoms with van der Waals surface area (Å²) in [4.78, 5) is 2.30. The molecule has 1 heterocycles. The molecule has 9 rings (SSSR count). The van der Waals surface area contributed by atoms with Crippen LogP contribution in [0.2, 0.25) is 0 Å². The smallest absolute Gasteiger partial charge is 0.159 e. The molecule has 0 saturated heterocycles. The summed E-state index contributed by atoms with van der Waals surface area (Å²) in [7, 11) is 0. The van der Waals surface area contributed by atoms with Crippen molar-refractivity contribution in [2.75, 3.05) is 4.90 Å². The summed E-state index contributed by atoms with van der Waals surface area (Å²) in [6, 6.07) is 66.6. The molecule has 0 N–H and O–H groups in total. The standard InChI is InChI=1S/C46H31NO/c1-4-13-32(14-5-1)34-23-25-36(26-24-34)44-40-20-11-10-17-37(40)31-42-41-21-12-22-43(45(41)48-46(42)44)47(38-18-8-3-9-19-38)39-29-27-35(28-30-39)33-15-6-2-7-16-33/h1-31H. The summed E-state index contributed by atoms with van der Waals surface area (Å²) >= 11 is 0. The molecule has 0 spiro atoms. The average Bonchev–Trinajstić information content (AvgIpc) is 3.54. The number of benzene rings is 8. The van der Waals surface area contributed by atoms with Gasteiger partial charge in [0.15, 0.2) is 5.58 Å². The summed E-state index contributed by atoms with van der Waals surface area (Å²) < 4.78 is 7.07. The third kappa shape index (κ3) is 4.83. The van der Waals surface area contributed by atoms with Crippen molar-refractivity contribution in [2.45, 2.75) is 0 Å². The fraction of sp³-hybridized carbons (Fsp3) is 0. The van der Waals surface area contributed by atoms with E-state index < -0.39 is 0 Å². The lowest BCUT2D eigenvalue weighted by atomic mass is 9.94. The van der Waals surface area contributed by atoms with Gasteiger partial charge in [-0.3, -0.25) is 0 Å². The minimum absolute atomic E-state index is 0.862. The summed E-state index contributed by atoms with van der Waals surface area (Å²) in [6.07, 6.45) is 0. The maximum Gasteiger partial charge on any atom is 0.159 e. The quantitative estimate of drug-likeness (QED) is 0.185. The van der Waals surface area contributed by atoms with Crippen LogP contribution in [-0.2, 0) is 0 Å². The van der Waals surface area contributed by atoms with Crippen LogP contribution < -0.4 is 4.90 Å². The first-order valence-corrected chi connectivity index (χ1v) is 16.4. The molecule has 0 fully saturated rings. The summed E-state index contributed by atoms with van der Waals surface area (Å²) in [6.45, 7) is 0. The molecule has 9 aromatic rings. The fourth-order valence-electron chi connectivity index (χ4n) is 6.94. The van der Waals surface area contributed by atoms with E-state index in [0.29, 0.717) is 0 Å². The number of fused-ring (bicyclic) bond motifs is 4. The number of hydrogen-bond acceptors (Lipinski definition) is 2. The minimum atomic E-state index is 0.862. The highest BCUT2D eigenvalue weighted by Crippen LogP contribution is 2.46. The van der Waals surface area contributed by atoms with Crippen LogP contribution in [0.3, 0.4) is 0 Å². The Kier molecular flexibility index (Phi) is 6.84. The van der Waals surface area contributed by atoms with E-state index >= 15 is 0 Å². The predicted molar refractivity (Wildman–Crippen MR) is 202 cm³/mol. The second-order valence-corrected chi connectivity index (χ2v) is 12.1. The number of rotatable bonds is 6.